The van der Waals surface area contributed by atoms with E-state index < -0.39 is 0 Å². The molecule has 1 aromatic heterocycles. The van der Waals surface area contributed by atoms with Gasteiger partial charge in [-0.05, 0) is 68.5 Å². The molecule has 7 heteroatoms. The van der Waals surface area contributed by atoms with E-state index in [-0.39, 0.29) is 12.7 Å². The Balaban J connectivity index is 1.46. The monoisotopic (exact) mass is 430 g/mol. The maximum absolute atomic E-state index is 9.51. The number of nitriles is 1. The van der Waals surface area contributed by atoms with Gasteiger partial charge in [0.05, 0.1) is 18.3 Å². The number of ether oxygens (including phenoxy) is 1. The van der Waals surface area contributed by atoms with Gasteiger partial charge in [-0.1, -0.05) is 23.4 Å². The molecule has 2 atom stereocenters. The third-order valence-electron chi connectivity index (χ3n) is 6.39. The van der Waals surface area contributed by atoms with Gasteiger partial charge in [0.15, 0.2) is 0 Å². The standard InChI is InChI=1S/C25H26N4O3/c1-15(2)31-22-7-6-17(12-18(22)14-26)25-27-24(28-32-25)20-5-3-4-19-21(20)13-16-8-9-29(10-11-30)23(16)19/h3-7,12,15-16,23,30H,8-11,13H2,1-2H3/t16-,23?/m0/s1. The molecule has 0 amide bonds. The highest BCUT2D eigenvalue weighted by atomic mass is 16.5. The number of β-amino-alcohol motifs (C(OH)–C–C–N with tert-alkyl or cyclic N) is 1. The van der Waals surface area contributed by atoms with Crippen molar-refractivity contribution in [1.29, 1.82) is 5.26 Å². The molecule has 0 spiro atoms. The van der Waals surface area contributed by atoms with Crippen LogP contribution in [0, 0.1) is 17.2 Å². The Bertz CT molecular complexity index is 1180. The summed E-state index contributed by atoms with van der Waals surface area (Å²) < 4.78 is 11.3. The molecular weight excluding hydrogens is 404 g/mol. The Morgan fingerprint density at radius 1 is 1.31 bits per heavy atom. The second kappa shape index (κ2) is 8.38. The van der Waals surface area contributed by atoms with E-state index in [9.17, 15) is 10.4 Å². The van der Waals surface area contributed by atoms with Crippen LogP contribution in [0.25, 0.3) is 22.8 Å². The van der Waals surface area contributed by atoms with Gasteiger partial charge in [-0.3, -0.25) is 4.90 Å². The number of likely N-dealkylation sites (tertiary alicyclic amines) is 1. The van der Waals surface area contributed by atoms with Gasteiger partial charge in [0, 0.05) is 23.7 Å². The second-order valence-electron chi connectivity index (χ2n) is 8.74. The fraction of sp³-hybridized carbons (Fsp3) is 0.400. The highest BCUT2D eigenvalue weighted by molar-refractivity contribution is 5.67. The third-order valence-corrected chi connectivity index (χ3v) is 6.39. The van der Waals surface area contributed by atoms with E-state index in [0.29, 0.717) is 47.1 Å². The molecule has 32 heavy (non-hydrogen) atoms. The molecule has 7 nitrogen and oxygen atoms in total. The molecule has 1 aliphatic heterocycles. The van der Waals surface area contributed by atoms with Crippen LogP contribution in [0.1, 0.15) is 43.0 Å². The molecule has 1 fully saturated rings. The zero-order valence-corrected chi connectivity index (χ0v) is 18.3. The van der Waals surface area contributed by atoms with E-state index in [0.717, 1.165) is 24.9 Å². The lowest BCUT2D eigenvalue weighted by Crippen LogP contribution is -2.26. The van der Waals surface area contributed by atoms with Gasteiger partial charge in [-0.2, -0.15) is 10.2 Å². The lowest BCUT2D eigenvalue weighted by Gasteiger charge is -2.24. The van der Waals surface area contributed by atoms with E-state index in [1.165, 1.54) is 11.1 Å². The lowest BCUT2D eigenvalue weighted by molar-refractivity contribution is 0.177. The van der Waals surface area contributed by atoms with Crippen LogP contribution in [0.2, 0.25) is 0 Å². The van der Waals surface area contributed by atoms with Gasteiger partial charge in [-0.25, -0.2) is 0 Å². The van der Waals surface area contributed by atoms with Crippen LogP contribution in [0.5, 0.6) is 5.75 Å². The van der Waals surface area contributed by atoms with Crippen molar-refractivity contribution in [3.63, 3.8) is 0 Å². The molecule has 2 heterocycles. The van der Waals surface area contributed by atoms with Crippen LogP contribution >= 0.6 is 0 Å². The molecule has 1 saturated heterocycles. The first-order valence-corrected chi connectivity index (χ1v) is 11.1. The minimum atomic E-state index is -0.0177. The largest absolute Gasteiger partial charge is 0.490 e. The van der Waals surface area contributed by atoms with Crippen molar-refractivity contribution in [3.05, 3.63) is 53.1 Å². The number of aromatic nitrogens is 2. The molecule has 0 radical (unpaired) electrons. The fourth-order valence-corrected chi connectivity index (χ4v) is 5.11. The van der Waals surface area contributed by atoms with Crippen molar-refractivity contribution in [1.82, 2.24) is 15.0 Å². The smallest absolute Gasteiger partial charge is 0.258 e. The van der Waals surface area contributed by atoms with Crippen molar-refractivity contribution >= 4 is 0 Å². The number of nitrogens with zero attached hydrogens (tertiary/aromatic N) is 4. The van der Waals surface area contributed by atoms with Crippen molar-refractivity contribution < 1.29 is 14.4 Å². The zero-order chi connectivity index (χ0) is 22.2. The molecule has 1 unspecified atom stereocenters. The van der Waals surface area contributed by atoms with Gasteiger partial charge in [0.2, 0.25) is 5.82 Å². The molecule has 3 aromatic rings. The van der Waals surface area contributed by atoms with E-state index in [4.69, 9.17) is 9.26 Å². The first kappa shape index (κ1) is 20.7. The first-order chi connectivity index (χ1) is 15.6. The first-order valence-electron chi connectivity index (χ1n) is 11.1. The summed E-state index contributed by atoms with van der Waals surface area (Å²) in [5.74, 6) is 2.05. The number of fused-ring (bicyclic) bond motifs is 3. The summed E-state index contributed by atoms with van der Waals surface area (Å²) in [4.78, 5) is 7.04. The Morgan fingerprint density at radius 2 is 2.19 bits per heavy atom. The van der Waals surface area contributed by atoms with Crippen molar-refractivity contribution in [3.8, 4) is 34.7 Å². The number of aliphatic hydroxyl groups is 1. The molecule has 164 valence electrons. The average Bonchev–Trinajstić information content (AvgIpc) is 3.50. The van der Waals surface area contributed by atoms with Crippen LogP contribution in [-0.4, -0.2) is 45.9 Å². The number of aliphatic hydroxyl groups excluding tert-OH is 1. The summed E-state index contributed by atoms with van der Waals surface area (Å²) in [5, 5.41) is 23.2. The van der Waals surface area contributed by atoms with Crippen molar-refractivity contribution in [2.75, 3.05) is 19.7 Å². The Hall–Kier alpha value is -3.21. The molecule has 1 N–H and O–H groups in total. The molecule has 1 aliphatic carbocycles. The van der Waals surface area contributed by atoms with Crippen LogP contribution in [0.15, 0.2) is 40.9 Å². The third kappa shape index (κ3) is 3.56. The summed E-state index contributed by atoms with van der Waals surface area (Å²) >= 11 is 0. The predicted octanol–water partition coefficient (Wildman–Crippen LogP) is 3.97. The second-order valence-corrected chi connectivity index (χ2v) is 8.74. The predicted molar refractivity (Wildman–Crippen MR) is 119 cm³/mol. The number of benzene rings is 2. The Morgan fingerprint density at radius 3 is 2.97 bits per heavy atom. The molecular formula is C25H26N4O3. The van der Waals surface area contributed by atoms with Crippen molar-refractivity contribution in [2.24, 2.45) is 5.92 Å². The highest BCUT2D eigenvalue weighted by Gasteiger charge is 2.42. The topological polar surface area (TPSA) is 95.4 Å². The maximum Gasteiger partial charge on any atom is 0.258 e. The molecule has 2 aliphatic rings. The van der Waals surface area contributed by atoms with Gasteiger partial charge in [0.25, 0.3) is 5.89 Å². The van der Waals surface area contributed by atoms with E-state index in [2.05, 4.69) is 27.2 Å². The van der Waals surface area contributed by atoms with Crippen LogP contribution in [-0.2, 0) is 6.42 Å². The van der Waals surface area contributed by atoms with Crippen LogP contribution in [0.3, 0.4) is 0 Å². The molecule has 5 rings (SSSR count). The van der Waals surface area contributed by atoms with E-state index in [1.54, 1.807) is 12.1 Å². The maximum atomic E-state index is 9.51. The summed E-state index contributed by atoms with van der Waals surface area (Å²) in [5.41, 5.74) is 4.71. The average molecular weight is 431 g/mol. The molecule has 0 bridgehead atoms. The SMILES string of the molecule is CC(C)Oc1ccc(-c2nc(-c3cccc4c3C[C@@H]3CCN(CCO)C43)no2)cc1C#N. The van der Waals surface area contributed by atoms with E-state index in [1.807, 2.05) is 32.0 Å². The van der Waals surface area contributed by atoms with E-state index >= 15 is 0 Å². The highest BCUT2D eigenvalue weighted by Crippen LogP contribution is 2.48. The van der Waals surface area contributed by atoms with Gasteiger partial charge < -0.3 is 14.4 Å². The number of hydrogen-bond donors (Lipinski definition) is 1. The molecule has 2 aromatic carbocycles. The van der Waals surface area contributed by atoms with Gasteiger partial charge in [-0.15, -0.1) is 0 Å². The van der Waals surface area contributed by atoms with Crippen LogP contribution < -0.4 is 4.74 Å². The van der Waals surface area contributed by atoms with Gasteiger partial charge in [0.1, 0.15) is 11.8 Å². The minimum Gasteiger partial charge on any atom is -0.490 e. The van der Waals surface area contributed by atoms with Gasteiger partial charge >= 0.3 is 0 Å². The Kier molecular flexibility index (Phi) is 5.41. The van der Waals surface area contributed by atoms with Crippen molar-refractivity contribution in [2.45, 2.75) is 38.8 Å². The summed E-state index contributed by atoms with van der Waals surface area (Å²) in [6, 6.07) is 14.2. The Labute approximate surface area is 187 Å². The summed E-state index contributed by atoms with van der Waals surface area (Å²) in [6.07, 6.45) is 2.11. The quantitative estimate of drug-likeness (QED) is 0.632. The number of rotatable bonds is 6. The zero-order valence-electron chi connectivity index (χ0n) is 18.3. The molecule has 0 saturated carbocycles. The normalized spacial score (nSPS) is 19.7. The lowest BCUT2D eigenvalue weighted by atomic mass is 10.0. The van der Waals surface area contributed by atoms with Crippen LogP contribution in [0.4, 0.5) is 0 Å². The number of hydrogen-bond acceptors (Lipinski definition) is 7. The summed E-state index contributed by atoms with van der Waals surface area (Å²) in [6.45, 7) is 5.76. The fourth-order valence-electron chi connectivity index (χ4n) is 5.11. The summed E-state index contributed by atoms with van der Waals surface area (Å²) in [7, 11) is 0. The minimum absolute atomic E-state index is 0.0177.